The number of carbonyl (C=O) groups excluding carboxylic acids is 2. The lowest BCUT2D eigenvalue weighted by atomic mass is 10.2. The first kappa shape index (κ1) is 19.3. The molecule has 152 valence electrons. The summed E-state index contributed by atoms with van der Waals surface area (Å²) >= 11 is 0. The van der Waals surface area contributed by atoms with Gasteiger partial charge in [-0.15, -0.1) is 0 Å². The van der Waals surface area contributed by atoms with Gasteiger partial charge in [-0.2, -0.15) is 0 Å². The zero-order valence-electron chi connectivity index (χ0n) is 16.5. The SMILES string of the molecule is Cc1ccccc1NC(=O)CN1CCN(C(=O)C2COc3ccccc3O2)CC1. The van der Waals surface area contributed by atoms with Gasteiger partial charge >= 0.3 is 0 Å². The molecule has 0 spiro atoms. The maximum absolute atomic E-state index is 12.8. The van der Waals surface area contributed by atoms with Gasteiger partial charge in [-0.25, -0.2) is 0 Å². The highest BCUT2D eigenvalue weighted by Gasteiger charge is 2.32. The Hall–Kier alpha value is -3.06. The lowest BCUT2D eigenvalue weighted by Gasteiger charge is -2.36. The fourth-order valence-electron chi connectivity index (χ4n) is 3.58. The van der Waals surface area contributed by atoms with E-state index in [1.165, 1.54) is 0 Å². The number of rotatable bonds is 4. The van der Waals surface area contributed by atoms with Crippen LogP contribution in [0.3, 0.4) is 0 Å². The zero-order chi connectivity index (χ0) is 20.2. The molecule has 0 aromatic heterocycles. The molecule has 0 bridgehead atoms. The topological polar surface area (TPSA) is 71.1 Å². The van der Waals surface area contributed by atoms with E-state index >= 15 is 0 Å². The number of hydrogen-bond donors (Lipinski definition) is 1. The summed E-state index contributed by atoms with van der Waals surface area (Å²) in [4.78, 5) is 29.0. The van der Waals surface area contributed by atoms with Crippen LogP contribution in [-0.2, 0) is 9.59 Å². The highest BCUT2D eigenvalue weighted by Crippen LogP contribution is 2.31. The van der Waals surface area contributed by atoms with Crippen LogP contribution in [0.15, 0.2) is 48.5 Å². The molecule has 2 aliphatic heterocycles. The first-order chi connectivity index (χ1) is 14.1. The van der Waals surface area contributed by atoms with Gasteiger partial charge in [-0.3, -0.25) is 14.5 Å². The zero-order valence-corrected chi connectivity index (χ0v) is 16.5. The molecule has 29 heavy (non-hydrogen) atoms. The summed E-state index contributed by atoms with van der Waals surface area (Å²) in [6, 6.07) is 15.1. The van der Waals surface area contributed by atoms with E-state index in [-0.39, 0.29) is 18.4 Å². The smallest absolute Gasteiger partial charge is 0.267 e. The molecule has 1 N–H and O–H groups in total. The predicted octanol–water partition coefficient (Wildman–Crippen LogP) is 1.92. The van der Waals surface area contributed by atoms with Crippen LogP contribution in [0.2, 0.25) is 0 Å². The van der Waals surface area contributed by atoms with Crippen molar-refractivity contribution >= 4 is 17.5 Å². The van der Waals surface area contributed by atoms with E-state index in [0.717, 1.165) is 11.3 Å². The van der Waals surface area contributed by atoms with Gasteiger partial charge in [-0.1, -0.05) is 30.3 Å². The Labute approximate surface area is 170 Å². The molecule has 2 aromatic carbocycles. The van der Waals surface area contributed by atoms with E-state index in [2.05, 4.69) is 10.2 Å². The Balaban J connectivity index is 1.26. The Morgan fingerprint density at radius 1 is 1.00 bits per heavy atom. The van der Waals surface area contributed by atoms with Crippen LogP contribution in [0.5, 0.6) is 11.5 Å². The molecule has 1 atom stereocenters. The number of para-hydroxylation sites is 3. The van der Waals surface area contributed by atoms with Gasteiger partial charge in [0.25, 0.3) is 5.91 Å². The van der Waals surface area contributed by atoms with Crippen LogP contribution in [0, 0.1) is 6.92 Å². The summed E-state index contributed by atoms with van der Waals surface area (Å²) in [6.07, 6.45) is -0.624. The summed E-state index contributed by atoms with van der Waals surface area (Å²) < 4.78 is 11.5. The fraction of sp³-hybridized carbons (Fsp3) is 0.364. The predicted molar refractivity (Wildman–Crippen MR) is 109 cm³/mol. The van der Waals surface area contributed by atoms with Gasteiger partial charge in [0.15, 0.2) is 11.5 Å². The van der Waals surface area contributed by atoms with Crippen LogP contribution < -0.4 is 14.8 Å². The van der Waals surface area contributed by atoms with Crippen molar-refractivity contribution in [3.63, 3.8) is 0 Å². The second kappa shape index (κ2) is 8.53. The van der Waals surface area contributed by atoms with E-state index < -0.39 is 6.10 Å². The van der Waals surface area contributed by atoms with Crippen molar-refractivity contribution in [1.82, 2.24) is 9.80 Å². The highest BCUT2D eigenvalue weighted by molar-refractivity contribution is 5.93. The first-order valence-corrected chi connectivity index (χ1v) is 9.85. The van der Waals surface area contributed by atoms with Crippen molar-refractivity contribution in [3.8, 4) is 11.5 Å². The Bertz CT molecular complexity index is 893. The molecule has 2 aromatic rings. The quantitative estimate of drug-likeness (QED) is 0.857. The Kier molecular flexibility index (Phi) is 5.67. The maximum Gasteiger partial charge on any atom is 0.267 e. The lowest BCUT2D eigenvalue weighted by Crippen LogP contribution is -2.54. The number of carbonyl (C=O) groups is 2. The number of ether oxygens (including phenoxy) is 2. The number of aryl methyl sites for hydroxylation is 1. The van der Waals surface area contributed by atoms with Crippen molar-refractivity contribution < 1.29 is 19.1 Å². The second-order valence-electron chi connectivity index (χ2n) is 7.33. The minimum absolute atomic E-state index is 0.0419. The minimum atomic E-state index is -0.624. The van der Waals surface area contributed by atoms with Crippen molar-refractivity contribution in [2.75, 3.05) is 44.6 Å². The van der Waals surface area contributed by atoms with Crippen molar-refractivity contribution in [1.29, 1.82) is 0 Å². The van der Waals surface area contributed by atoms with Crippen molar-refractivity contribution in [2.45, 2.75) is 13.0 Å². The van der Waals surface area contributed by atoms with Gasteiger partial charge in [0.2, 0.25) is 12.0 Å². The molecule has 1 unspecified atom stereocenters. The van der Waals surface area contributed by atoms with E-state index in [9.17, 15) is 9.59 Å². The van der Waals surface area contributed by atoms with Crippen LogP contribution in [-0.4, -0.2) is 67.0 Å². The third-order valence-corrected chi connectivity index (χ3v) is 5.25. The van der Waals surface area contributed by atoms with Gasteiger partial charge < -0.3 is 19.7 Å². The normalized spacial score (nSPS) is 18.9. The average Bonchev–Trinajstić information content (AvgIpc) is 2.75. The molecule has 2 amide bonds. The van der Waals surface area contributed by atoms with Crippen LogP contribution in [0.25, 0.3) is 0 Å². The molecule has 0 radical (unpaired) electrons. The maximum atomic E-state index is 12.8. The summed E-state index contributed by atoms with van der Waals surface area (Å²) in [5.74, 6) is 1.16. The number of hydrogen-bond acceptors (Lipinski definition) is 5. The summed E-state index contributed by atoms with van der Waals surface area (Å²) in [6.45, 7) is 4.93. The molecule has 1 fully saturated rings. The third-order valence-electron chi connectivity index (χ3n) is 5.25. The van der Waals surface area contributed by atoms with E-state index in [1.807, 2.05) is 49.4 Å². The lowest BCUT2D eigenvalue weighted by molar-refractivity contribution is -0.143. The van der Waals surface area contributed by atoms with Gasteiger partial charge in [0.1, 0.15) is 6.61 Å². The Morgan fingerprint density at radius 2 is 1.69 bits per heavy atom. The molecule has 0 saturated carbocycles. The van der Waals surface area contributed by atoms with Crippen molar-refractivity contribution in [2.24, 2.45) is 0 Å². The molecule has 2 heterocycles. The van der Waals surface area contributed by atoms with Gasteiger partial charge in [0, 0.05) is 31.9 Å². The molecule has 1 saturated heterocycles. The van der Waals surface area contributed by atoms with Gasteiger partial charge in [-0.05, 0) is 30.7 Å². The van der Waals surface area contributed by atoms with E-state index in [1.54, 1.807) is 11.0 Å². The number of fused-ring (bicyclic) bond motifs is 1. The van der Waals surface area contributed by atoms with E-state index in [4.69, 9.17) is 9.47 Å². The summed E-state index contributed by atoms with van der Waals surface area (Å²) in [5, 5.41) is 2.95. The van der Waals surface area contributed by atoms with Crippen molar-refractivity contribution in [3.05, 3.63) is 54.1 Å². The molecular formula is C22H25N3O4. The highest BCUT2D eigenvalue weighted by atomic mass is 16.6. The summed E-state index contributed by atoms with van der Waals surface area (Å²) in [5.41, 5.74) is 1.87. The van der Waals surface area contributed by atoms with Crippen LogP contribution >= 0.6 is 0 Å². The largest absolute Gasteiger partial charge is 0.485 e. The molecule has 7 nitrogen and oxygen atoms in total. The monoisotopic (exact) mass is 395 g/mol. The van der Waals surface area contributed by atoms with Crippen LogP contribution in [0.4, 0.5) is 5.69 Å². The van der Waals surface area contributed by atoms with E-state index in [0.29, 0.717) is 44.2 Å². The average molecular weight is 395 g/mol. The Morgan fingerprint density at radius 3 is 2.45 bits per heavy atom. The summed E-state index contributed by atoms with van der Waals surface area (Å²) in [7, 11) is 0. The first-order valence-electron chi connectivity index (χ1n) is 9.85. The molecule has 2 aliphatic rings. The van der Waals surface area contributed by atoms with Gasteiger partial charge in [0.05, 0.1) is 6.54 Å². The van der Waals surface area contributed by atoms with Crippen LogP contribution in [0.1, 0.15) is 5.56 Å². The molecule has 0 aliphatic carbocycles. The number of nitrogens with zero attached hydrogens (tertiary/aromatic N) is 2. The molecular weight excluding hydrogens is 370 g/mol. The number of anilines is 1. The molecule has 7 heteroatoms. The number of amides is 2. The fourth-order valence-corrected chi connectivity index (χ4v) is 3.58. The number of benzene rings is 2. The number of piperazine rings is 1. The molecule has 4 rings (SSSR count). The standard InChI is InChI=1S/C22H25N3O4/c1-16-6-2-3-7-17(16)23-21(26)14-24-10-12-25(13-11-24)22(27)20-15-28-18-8-4-5-9-19(18)29-20/h2-9,20H,10-15H2,1H3,(H,23,26). The third kappa shape index (κ3) is 4.51. The number of nitrogens with one attached hydrogen (secondary N) is 1. The minimum Gasteiger partial charge on any atom is -0.485 e. The second-order valence-corrected chi connectivity index (χ2v) is 7.33.